The van der Waals surface area contributed by atoms with Crippen molar-refractivity contribution >= 4 is 37.1 Å². The number of halogens is 7. The Morgan fingerprint density at radius 2 is 1.61 bits per heavy atom. The average molecular weight is 493 g/mol. The third kappa shape index (κ3) is 9.03. The van der Waals surface area contributed by atoms with Crippen LogP contribution in [0, 0.1) is 0 Å². The van der Waals surface area contributed by atoms with Crippen LogP contribution in [-0.2, 0) is 0 Å². The Bertz CT molecular complexity index is 956. The molecule has 0 saturated carbocycles. The summed E-state index contributed by atoms with van der Waals surface area (Å²) in [6.45, 7) is 2.56. The molecule has 7 nitrogen and oxygen atoms in total. The Kier molecular flexibility index (Phi) is 6.56. The van der Waals surface area contributed by atoms with Gasteiger partial charge >= 0.3 is 39.0 Å². The maximum Gasteiger partial charge on any atom is 0.337 e. The summed E-state index contributed by atoms with van der Waals surface area (Å²) in [4.78, 5) is 34.4. The van der Waals surface area contributed by atoms with Gasteiger partial charge in [-0.15, -0.1) is 0 Å². The molecule has 1 aliphatic rings. The van der Waals surface area contributed by atoms with Crippen molar-refractivity contribution in [2.24, 2.45) is 0 Å². The van der Waals surface area contributed by atoms with Gasteiger partial charge in [-0.3, -0.25) is 14.7 Å². The number of rotatable bonds is 3. The van der Waals surface area contributed by atoms with Gasteiger partial charge in [0.25, 0.3) is 5.91 Å². The molecule has 2 N–H and O–H groups in total. The van der Waals surface area contributed by atoms with Crippen LogP contribution >= 0.6 is 19.4 Å². The zero-order chi connectivity index (χ0) is 23.5. The number of pyridine rings is 2. The molecule has 0 unspecified atom stereocenters. The van der Waals surface area contributed by atoms with Crippen LogP contribution in [0.4, 0.5) is 31.0 Å². The normalized spacial score (nSPS) is 17.1. The molecule has 0 radical (unpaired) electrons. The number of aromatic nitrogens is 2. The molecule has 1 fully saturated rings. The molecule has 1 aliphatic heterocycles. The third-order valence-corrected chi connectivity index (χ3v) is 4.33. The molecule has 1 amide bonds. The molecule has 2 aromatic rings. The van der Waals surface area contributed by atoms with Crippen LogP contribution in [0.5, 0.6) is 0 Å². The first-order valence-corrected chi connectivity index (χ1v) is 10.9. The molecule has 0 aromatic carbocycles. The number of amides is 1. The van der Waals surface area contributed by atoms with Gasteiger partial charge in [-0.2, -0.15) is 0 Å². The van der Waals surface area contributed by atoms with E-state index in [0.717, 1.165) is 10.7 Å². The number of piperazine rings is 1. The van der Waals surface area contributed by atoms with Crippen LogP contribution in [-0.4, -0.2) is 58.0 Å². The fourth-order valence-electron chi connectivity index (χ4n) is 2.68. The summed E-state index contributed by atoms with van der Waals surface area (Å²) in [6, 6.07) is 4.89. The molecule has 15 heteroatoms. The Hall–Kier alpha value is -2.50. The number of carbonyl (C=O) groups is 2. The first-order chi connectivity index (χ1) is 14.0. The van der Waals surface area contributed by atoms with E-state index in [1.165, 1.54) is 12.4 Å². The zero-order valence-corrected chi connectivity index (χ0v) is 17.1. The van der Waals surface area contributed by atoms with Crippen molar-refractivity contribution in [1.82, 2.24) is 14.9 Å². The molecule has 1 saturated heterocycles. The Morgan fingerprint density at radius 1 is 1.03 bits per heavy atom. The van der Waals surface area contributed by atoms with Crippen molar-refractivity contribution in [3.05, 3.63) is 52.9 Å². The molecule has 31 heavy (non-hydrogen) atoms. The maximum absolute atomic E-state index is 12.5. The molecular weight excluding hydrogens is 477 g/mol. The summed E-state index contributed by atoms with van der Waals surface area (Å²) in [7, 11) is -10.7. The summed E-state index contributed by atoms with van der Waals surface area (Å²) >= 11 is 6.03. The molecule has 0 spiro atoms. The molecule has 0 bridgehead atoms. The second-order valence-electron chi connectivity index (χ2n) is 6.45. The van der Waals surface area contributed by atoms with Gasteiger partial charge in [0.2, 0.25) is 5.82 Å². The van der Waals surface area contributed by atoms with Crippen LogP contribution in [0.15, 0.2) is 36.8 Å². The molecular formula is C16H16ClF6N4O3P. The van der Waals surface area contributed by atoms with Crippen LogP contribution in [0.1, 0.15) is 20.7 Å². The molecule has 172 valence electrons. The second-order valence-corrected chi connectivity index (χ2v) is 8.77. The third-order valence-electron chi connectivity index (χ3n) is 4.03. The van der Waals surface area contributed by atoms with Crippen molar-refractivity contribution < 1.29 is 44.8 Å². The number of quaternary nitrogens is 1. The molecule has 3 heterocycles. The van der Waals surface area contributed by atoms with Crippen molar-refractivity contribution in [2.75, 3.05) is 26.2 Å². The largest absolute Gasteiger partial charge is 0.478 e. The first kappa shape index (κ1) is 24.8. The SMILES string of the molecule is F[P-](F)(F)(F)(F)F.O=C(O)c1ccc([NH+]2CCN(C(=O)c3ccncc3Cl)CC2)nc1. The van der Waals surface area contributed by atoms with Crippen molar-refractivity contribution in [3.8, 4) is 0 Å². The topological polar surface area (TPSA) is 87.8 Å². The zero-order valence-electron chi connectivity index (χ0n) is 15.5. The van der Waals surface area contributed by atoms with Crippen LogP contribution < -0.4 is 4.90 Å². The van der Waals surface area contributed by atoms with E-state index in [2.05, 4.69) is 9.97 Å². The minimum Gasteiger partial charge on any atom is -0.478 e. The summed E-state index contributed by atoms with van der Waals surface area (Å²) in [5.41, 5.74) is 0.623. The monoisotopic (exact) mass is 492 g/mol. The quantitative estimate of drug-likeness (QED) is 0.501. The maximum atomic E-state index is 12.5. The van der Waals surface area contributed by atoms with E-state index in [9.17, 15) is 34.8 Å². The van der Waals surface area contributed by atoms with Crippen LogP contribution in [0.2, 0.25) is 5.02 Å². The molecule has 0 aliphatic carbocycles. The van der Waals surface area contributed by atoms with Crippen LogP contribution in [0.25, 0.3) is 0 Å². The van der Waals surface area contributed by atoms with Gasteiger partial charge in [0.05, 0.1) is 29.2 Å². The van der Waals surface area contributed by atoms with Crippen molar-refractivity contribution in [3.63, 3.8) is 0 Å². The first-order valence-electron chi connectivity index (χ1n) is 8.51. The fourth-order valence-corrected chi connectivity index (χ4v) is 2.88. The number of carboxylic acid groups (broad SMARTS) is 1. The number of nitrogens with zero attached hydrogens (tertiary/aromatic N) is 3. The molecule has 2 aromatic heterocycles. The van der Waals surface area contributed by atoms with Gasteiger partial charge in [-0.25, -0.2) is 9.78 Å². The van der Waals surface area contributed by atoms with E-state index in [-0.39, 0.29) is 11.5 Å². The van der Waals surface area contributed by atoms with Crippen LogP contribution in [0.3, 0.4) is 0 Å². The Labute approximate surface area is 176 Å². The van der Waals surface area contributed by atoms with Gasteiger partial charge in [0.1, 0.15) is 13.1 Å². The predicted molar refractivity (Wildman–Crippen MR) is 100 cm³/mol. The predicted octanol–water partition coefficient (Wildman–Crippen LogP) is 3.88. The number of carbonyl (C=O) groups excluding carboxylic acids is 1. The molecule has 0 atom stereocenters. The van der Waals surface area contributed by atoms with Gasteiger partial charge in [-0.05, 0) is 12.1 Å². The number of hydrogen-bond acceptors (Lipinski definition) is 4. The minimum atomic E-state index is -10.7. The smallest absolute Gasteiger partial charge is 0.337 e. The van der Waals surface area contributed by atoms with Gasteiger partial charge < -0.3 is 10.0 Å². The van der Waals surface area contributed by atoms with Crippen molar-refractivity contribution in [2.45, 2.75) is 0 Å². The summed E-state index contributed by atoms with van der Waals surface area (Å²) in [6.07, 6.45) is 4.37. The van der Waals surface area contributed by atoms with Gasteiger partial charge in [-0.1, -0.05) is 11.6 Å². The van der Waals surface area contributed by atoms with E-state index in [1.54, 1.807) is 29.3 Å². The van der Waals surface area contributed by atoms with Crippen molar-refractivity contribution in [1.29, 1.82) is 0 Å². The Morgan fingerprint density at radius 3 is 2.06 bits per heavy atom. The van der Waals surface area contributed by atoms with E-state index in [1.807, 2.05) is 0 Å². The van der Waals surface area contributed by atoms with E-state index < -0.39 is 13.8 Å². The van der Waals surface area contributed by atoms with E-state index in [4.69, 9.17) is 16.7 Å². The summed E-state index contributed by atoms with van der Waals surface area (Å²) in [5, 5.41) is 9.26. The van der Waals surface area contributed by atoms with E-state index in [0.29, 0.717) is 36.8 Å². The number of nitrogens with one attached hydrogen (secondary N) is 1. The van der Waals surface area contributed by atoms with Gasteiger partial charge in [0.15, 0.2) is 0 Å². The summed E-state index contributed by atoms with van der Waals surface area (Å²) < 4.78 is 59.2. The van der Waals surface area contributed by atoms with Gasteiger partial charge in [0, 0.05) is 24.7 Å². The van der Waals surface area contributed by atoms with E-state index >= 15 is 0 Å². The fraction of sp³-hybridized carbons (Fsp3) is 0.250. The number of hydrogen-bond donors (Lipinski definition) is 2. The molecule has 3 rings (SSSR count). The average Bonchev–Trinajstić information content (AvgIpc) is 2.66. The number of aromatic carboxylic acids is 1. The second kappa shape index (κ2) is 8.21. The minimum absolute atomic E-state index is 0.101. The number of carboxylic acids is 1. The Balaban J connectivity index is 0.000000423. The summed E-state index contributed by atoms with van der Waals surface area (Å²) in [5.74, 6) is -0.307. The standard InChI is InChI=1S/C16H15ClN4O3.F6P/c17-13-10-18-4-3-12(13)15(22)21-7-5-20(6-8-21)14-2-1-11(9-19-14)16(23)24;1-7(2,3,4,5)6/h1-4,9-10H,5-8H2,(H,23,24);/q;-1/p+1.